The summed E-state index contributed by atoms with van der Waals surface area (Å²) in [6.45, 7) is 5.84. The van der Waals surface area contributed by atoms with E-state index in [1.54, 1.807) is 11.2 Å². The van der Waals surface area contributed by atoms with E-state index in [1.165, 1.54) is 12.8 Å². The molecule has 0 aromatic rings. The molecule has 0 aromatic carbocycles. The summed E-state index contributed by atoms with van der Waals surface area (Å²) in [7, 11) is -3.15. The molecule has 3 fully saturated rings. The van der Waals surface area contributed by atoms with Crippen LogP contribution in [0.1, 0.15) is 71.6 Å². The van der Waals surface area contributed by atoms with Crippen LogP contribution in [0.15, 0.2) is 0 Å². The molecule has 1 amide bonds. The van der Waals surface area contributed by atoms with Crippen LogP contribution in [0.3, 0.4) is 0 Å². The first kappa shape index (κ1) is 18.2. The number of carbonyl (C=O) groups excluding carboxylic acids is 1. The fourth-order valence-corrected chi connectivity index (χ4v) is 6.30. The van der Waals surface area contributed by atoms with Gasteiger partial charge in [-0.2, -0.15) is 0 Å². The van der Waals surface area contributed by atoms with Gasteiger partial charge in [-0.15, -0.1) is 0 Å². The van der Waals surface area contributed by atoms with E-state index >= 15 is 0 Å². The summed E-state index contributed by atoms with van der Waals surface area (Å²) in [6, 6.07) is 0.441. The number of hydrogen-bond acceptors (Lipinski definition) is 3. The van der Waals surface area contributed by atoms with Gasteiger partial charge in [0.15, 0.2) is 0 Å². The van der Waals surface area contributed by atoms with Crippen LogP contribution in [0.25, 0.3) is 0 Å². The SMILES string of the molecule is CCC(C)S(=O)(=O)N1CCC2(CCC(=O)N(C3CCCC3)C2)CC1. The van der Waals surface area contributed by atoms with Crippen LogP contribution in [0.2, 0.25) is 0 Å². The summed E-state index contributed by atoms with van der Waals surface area (Å²) in [6.07, 6.45) is 8.82. The van der Waals surface area contributed by atoms with Crippen LogP contribution in [-0.4, -0.2) is 54.5 Å². The van der Waals surface area contributed by atoms with E-state index in [0.717, 1.165) is 38.6 Å². The molecule has 0 radical (unpaired) electrons. The van der Waals surface area contributed by atoms with Crippen LogP contribution < -0.4 is 0 Å². The highest BCUT2D eigenvalue weighted by atomic mass is 32.2. The first-order valence-corrected chi connectivity index (χ1v) is 11.2. The predicted molar refractivity (Wildman–Crippen MR) is 95.1 cm³/mol. The lowest BCUT2D eigenvalue weighted by molar-refractivity contribution is -0.141. The zero-order valence-corrected chi connectivity index (χ0v) is 16.0. The molecule has 138 valence electrons. The molecule has 24 heavy (non-hydrogen) atoms. The smallest absolute Gasteiger partial charge is 0.222 e. The van der Waals surface area contributed by atoms with Gasteiger partial charge in [-0.05, 0) is 50.9 Å². The van der Waals surface area contributed by atoms with Crippen molar-refractivity contribution in [2.24, 2.45) is 5.41 Å². The Hall–Kier alpha value is -0.620. The molecule has 3 rings (SSSR count). The van der Waals surface area contributed by atoms with Crippen LogP contribution in [0.4, 0.5) is 0 Å². The molecule has 2 saturated heterocycles. The number of amides is 1. The summed E-state index contributed by atoms with van der Waals surface area (Å²) in [5, 5.41) is -0.297. The highest BCUT2D eigenvalue weighted by Crippen LogP contribution is 2.43. The number of carbonyl (C=O) groups is 1. The Morgan fingerprint density at radius 1 is 1.17 bits per heavy atom. The number of hydrogen-bond donors (Lipinski definition) is 0. The maximum Gasteiger partial charge on any atom is 0.222 e. The van der Waals surface area contributed by atoms with Gasteiger partial charge in [0, 0.05) is 32.1 Å². The summed E-state index contributed by atoms with van der Waals surface area (Å²) in [5.41, 5.74) is 0.151. The Labute approximate surface area is 146 Å². The minimum Gasteiger partial charge on any atom is -0.339 e. The van der Waals surface area contributed by atoms with Gasteiger partial charge in [-0.1, -0.05) is 19.8 Å². The number of likely N-dealkylation sites (tertiary alicyclic amines) is 1. The van der Waals surface area contributed by atoms with Crippen molar-refractivity contribution in [1.29, 1.82) is 0 Å². The molecule has 1 saturated carbocycles. The first-order chi connectivity index (χ1) is 11.4. The third kappa shape index (κ3) is 3.36. The van der Waals surface area contributed by atoms with Gasteiger partial charge in [-0.25, -0.2) is 12.7 Å². The van der Waals surface area contributed by atoms with Crippen molar-refractivity contribution in [3.05, 3.63) is 0 Å². The predicted octanol–water partition coefficient (Wildman–Crippen LogP) is 2.76. The van der Waals surface area contributed by atoms with Gasteiger partial charge in [0.1, 0.15) is 0 Å². The quantitative estimate of drug-likeness (QED) is 0.778. The maximum atomic E-state index is 12.6. The first-order valence-electron chi connectivity index (χ1n) is 9.66. The Balaban J connectivity index is 1.65. The van der Waals surface area contributed by atoms with E-state index < -0.39 is 10.0 Å². The lowest BCUT2D eigenvalue weighted by atomic mass is 9.72. The maximum absolute atomic E-state index is 12.6. The molecule has 2 aliphatic heterocycles. The lowest BCUT2D eigenvalue weighted by Gasteiger charge is -2.49. The lowest BCUT2D eigenvalue weighted by Crippen LogP contribution is -2.55. The van der Waals surface area contributed by atoms with Gasteiger partial charge in [0.25, 0.3) is 0 Å². The van der Waals surface area contributed by atoms with Crippen molar-refractivity contribution < 1.29 is 13.2 Å². The molecule has 1 spiro atoms. The molecule has 6 heteroatoms. The molecule has 2 heterocycles. The molecule has 0 N–H and O–H groups in total. The molecule has 1 unspecified atom stereocenters. The van der Waals surface area contributed by atoms with Crippen molar-refractivity contribution >= 4 is 15.9 Å². The third-order valence-electron chi connectivity index (χ3n) is 6.69. The van der Waals surface area contributed by atoms with E-state index in [-0.39, 0.29) is 10.7 Å². The van der Waals surface area contributed by atoms with Gasteiger partial charge < -0.3 is 4.90 Å². The average molecular weight is 357 g/mol. The molecule has 5 nitrogen and oxygen atoms in total. The normalized spacial score (nSPS) is 27.8. The van der Waals surface area contributed by atoms with Gasteiger partial charge in [0.2, 0.25) is 15.9 Å². The molecular weight excluding hydrogens is 324 g/mol. The van der Waals surface area contributed by atoms with Crippen LogP contribution in [0, 0.1) is 5.41 Å². The minimum absolute atomic E-state index is 0.151. The van der Waals surface area contributed by atoms with Gasteiger partial charge in [-0.3, -0.25) is 4.79 Å². The average Bonchev–Trinajstić information content (AvgIpc) is 3.11. The summed E-state index contributed by atoms with van der Waals surface area (Å²) in [5.74, 6) is 0.321. The van der Waals surface area contributed by atoms with Crippen molar-refractivity contribution in [2.45, 2.75) is 82.9 Å². The Morgan fingerprint density at radius 3 is 2.38 bits per heavy atom. The fraction of sp³-hybridized carbons (Fsp3) is 0.944. The van der Waals surface area contributed by atoms with E-state index in [1.807, 2.05) is 6.92 Å². The zero-order valence-electron chi connectivity index (χ0n) is 15.2. The van der Waals surface area contributed by atoms with Crippen molar-refractivity contribution in [2.75, 3.05) is 19.6 Å². The van der Waals surface area contributed by atoms with E-state index in [9.17, 15) is 13.2 Å². The molecule has 1 aliphatic carbocycles. The number of nitrogens with zero attached hydrogens (tertiary/aromatic N) is 2. The number of rotatable bonds is 4. The van der Waals surface area contributed by atoms with Crippen LogP contribution in [0.5, 0.6) is 0 Å². The minimum atomic E-state index is -3.15. The second-order valence-electron chi connectivity index (χ2n) is 8.12. The molecular formula is C18H32N2O3S. The second kappa shape index (κ2) is 6.94. The summed E-state index contributed by atoms with van der Waals surface area (Å²) >= 11 is 0. The monoisotopic (exact) mass is 356 g/mol. The van der Waals surface area contributed by atoms with Crippen LogP contribution >= 0.6 is 0 Å². The molecule has 1 atom stereocenters. The molecule has 3 aliphatic rings. The number of piperidine rings is 2. The highest BCUT2D eigenvalue weighted by molar-refractivity contribution is 7.89. The Bertz CT molecular complexity index is 561. The van der Waals surface area contributed by atoms with E-state index in [0.29, 0.717) is 37.9 Å². The van der Waals surface area contributed by atoms with Gasteiger partial charge >= 0.3 is 0 Å². The molecule has 0 bridgehead atoms. The standard InChI is InChI=1S/C18H32N2O3S/c1-3-15(2)24(22,23)19-12-10-18(11-13-19)9-8-17(21)20(14-18)16-6-4-5-7-16/h15-16H,3-14H2,1-2H3. The molecule has 0 aromatic heterocycles. The van der Waals surface area contributed by atoms with Crippen molar-refractivity contribution in [3.8, 4) is 0 Å². The Kier molecular flexibility index (Phi) is 5.26. The highest BCUT2D eigenvalue weighted by Gasteiger charge is 2.45. The summed E-state index contributed by atoms with van der Waals surface area (Å²) < 4.78 is 26.8. The van der Waals surface area contributed by atoms with Crippen molar-refractivity contribution in [3.63, 3.8) is 0 Å². The largest absolute Gasteiger partial charge is 0.339 e. The number of sulfonamides is 1. The topological polar surface area (TPSA) is 57.7 Å². The third-order valence-corrected chi connectivity index (χ3v) is 9.12. The van der Waals surface area contributed by atoms with E-state index in [4.69, 9.17) is 0 Å². The Morgan fingerprint density at radius 2 is 1.79 bits per heavy atom. The second-order valence-corrected chi connectivity index (χ2v) is 10.5. The van der Waals surface area contributed by atoms with Crippen molar-refractivity contribution in [1.82, 2.24) is 9.21 Å². The van der Waals surface area contributed by atoms with E-state index in [2.05, 4.69) is 4.90 Å². The van der Waals surface area contributed by atoms with Gasteiger partial charge in [0.05, 0.1) is 5.25 Å². The van der Waals surface area contributed by atoms with Crippen LogP contribution in [-0.2, 0) is 14.8 Å². The fourth-order valence-electron chi connectivity index (χ4n) is 4.68. The summed E-state index contributed by atoms with van der Waals surface area (Å²) in [4.78, 5) is 14.5. The zero-order chi connectivity index (χ0) is 17.4.